The Bertz CT molecular complexity index is 945. The zero-order chi connectivity index (χ0) is 17.4. The molecule has 6 nitrogen and oxygen atoms in total. The fraction of sp³-hybridized carbons (Fsp3) is 0.211. The molecule has 0 unspecified atom stereocenters. The summed E-state index contributed by atoms with van der Waals surface area (Å²) in [6, 6.07) is 14.7. The van der Waals surface area contributed by atoms with Crippen molar-refractivity contribution in [2.45, 2.75) is 19.4 Å². The van der Waals surface area contributed by atoms with E-state index in [-0.39, 0.29) is 11.8 Å². The lowest BCUT2D eigenvalue weighted by atomic mass is 10.2. The number of carbonyl (C=O) groups excluding carboxylic acids is 2. The van der Waals surface area contributed by atoms with Gasteiger partial charge in [-0.15, -0.1) is 0 Å². The number of para-hydroxylation sites is 1. The Kier molecular flexibility index (Phi) is 3.72. The molecule has 0 bridgehead atoms. The molecule has 2 aromatic carbocycles. The highest BCUT2D eigenvalue weighted by Gasteiger charge is 2.34. The standard InChI is InChI=1S/C19H18N4O2/c1-12-6-8-13(9-7-12)23-11-10-16(19(23)25)20-18(24)17-14-4-2-3-5-15(14)21-22-17/h2-9,16H,10-11H2,1H3,(H,20,24)(H,21,22)/t16-/m0/s1. The molecule has 126 valence electrons. The van der Waals surface area contributed by atoms with Gasteiger partial charge in [0, 0.05) is 17.6 Å². The first-order valence-corrected chi connectivity index (χ1v) is 8.25. The predicted octanol–water partition coefficient (Wildman–Crippen LogP) is 2.41. The maximum absolute atomic E-state index is 12.6. The third-order valence-electron chi connectivity index (χ3n) is 4.54. The summed E-state index contributed by atoms with van der Waals surface area (Å²) < 4.78 is 0. The van der Waals surface area contributed by atoms with Crippen LogP contribution < -0.4 is 10.2 Å². The zero-order valence-corrected chi connectivity index (χ0v) is 13.8. The summed E-state index contributed by atoms with van der Waals surface area (Å²) in [5.41, 5.74) is 3.12. The first-order chi connectivity index (χ1) is 12.1. The van der Waals surface area contributed by atoms with Gasteiger partial charge in [0.25, 0.3) is 5.91 Å². The molecule has 0 radical (unpaired) electrons. The summed E-state index contributed by atoms with van der Waals surface area (Å²) in [6.07, 6.45) is 0.584. The molecule has 1 saturated heterocycles. The maximum atomic E-state index is 12.6. The van der Waals surface area contributed by atoms with E-state index in [0.717, 1.165) is 22.2 Å². The molecule has 1 atom stereocenters. The summed E-state index contributed by atoms with van der Waals surface area (Å²) in [5.74, 6) is -0.418. The van der Waals surface area contributed by atoms with Crippen LogP contribution in [0.3, 0.4) is 0 Å². The molecule has 1 aliphatic rings. The normalized spacial score (nSPS) is 17.2. The number of amides is 2. The molecular formula is C19H18N4O2. The smallest absolute Gasteiger partial charge is 0.273 e. The van der Waals surface area contributed by atoms with E-state index in [4.69, 9.17) is 0 Å². The number of nitrogens with zero attached hydrogens (tertiary/aromatic N) is 2. The number of rotatable bonds is 3. The van der Waals surface area contributed by atoms with Crippen molar-refractivity contribution in [3.05, 3.63) is 59.8 Å². The Morgan fingerprint density at radius 3 is 2.76 bits per heavy atom. The number of aryl methyl sites for hydroxylation is 1. The average Bonchev–Trinajstić information content (AvgIpc) is 3.20. The van der Waals surface area contributed by atoms with Crippen LogP contribution in [0.1, 0.15) is 22.5 Å². The number of fused-ring (bicyclic) bond motifs is 1. The molecule has 25 heavy (non-hydrogen) atoms. The molecule has 3 aromatic rings. The number of hydrogen-bond acceptors (Lipinski definition) is 3. The predicted molar refractivity (Wildman–Crippen MR) is 95.5 cm³/mol. The van der Waals surface area contributed by atoms with Crippen molar-refractivity contribution in [3.63, 3.8) is 0 Å². The highest BCUT2D eigenvalue weighted by Crippen LogP contribution is 2.22. The number of benzene rings is 2. The quantitative estimate of drug-likeness (QED) is 0.772. The molecule has 0 aliphatic carbocycles. The number of aromatic amines is 1. The van der Waals surface area contributed by atoms with Gasteiger partial charge in [0.05, 0.1) is 5.52 Å². The molecule has 0 spiro atoms. The van der Waals surface area contributed by atoms with E-state index in [9.17, 15) is 9.59 Å². The van der Waals surface area contributed by atoms with E-state index < -0.39 is 6.04 Å². The summed E-state index contributed by atoms with van der Waals surface area (Å²) in [7, 11) is 0. The van der Waals surface area contributed by atoms with Gasteiger partial charge in [0.2, 0.25) is 5.91 Å². The number of carbonyl (C=O) groups is 2. The molecule has 2 heterocycles. The Hall–Kier alpha value is -3.15. The van der Waals surface area contributed by atoms with E-state index in [1.165, 1.54) is 0 Å². The molecule has 4 rings (SSSR count). The molecule has 2 N–H and O–H groups in total. The van der Waals surface area contributed by atoms with Crippen LogP contribution in [0.15, 0.2) is 48.5 Å². The van der Waals surface area contributed by atoms with E-state index in [1.807, 2.05) is 55.5 Å². The maximum Gasteiger partial charge on any atom is 0.273 e. The summed E-state index contributed by atoms with van der Waals surface area (Å²) in [6.45, 7) is 2.60. The van der Waals surface area contributed by atoms with Gasteiger partial charge in [-0.25, -0.2) is 0 Å². The number of hydrogen-bond donors (Lipinski definition) is 2. The number of anilines is 1. The third-order valence-corrected chi connectivity index (χ3v) is 4.54. The average molecular weight is 334 g/mol. The highest BCUT2D eigenvalue weighted by molar-refractivity contribution is 6.08. The fourth-order valence-corrected chi connectivity index (χ4v) is 3.16. The van der Waals surface area contributed by atoms with Crippen molar-refractivity contribution in [1.29, 1.82) is 0 Å². The van der Waals surface area contributed by atoms with Crippen LogP contribution in [0.5, 0.6) is 0 Å². The van der Waals surface area contributed by atoms with Gasteiger partial charge in [-0.3, -0.25) is 14.7 Å². The first-order valence-electron chi connectivity index (χ1n) is 8.25. The highest BCUT2D eigenvalue weighted by atomic mass is 16.2. The van der Waals surface area contributed by atoms with Gasteiger partial charge in [-0.2, -0.15) is 5.10 Å². The lowest BCUT2D eigenvalue weighted by Gasteiger charge is -2.17. The van der Waals surface area contributed by atoms with Crippen LogP contribution in [0.4, 0.5) is 5.69 Å². The Morgan fingerprint density at radius 1 is 1.20 bits per heavy atom. The van der Waals surface area contributed by atoms with Crippen LogP contribution in [-0.2, 0) is 4.79 Å². The Labute approximate surface area is 144 Å². The van der Waals surface area contributed by atoms with Gasteiger partial charge in [-0.05, 0) is 31.5 Å². The van der Waals surface area contributed by atoms with Crippen LogP contribution in [0.25, 0.3) is 10.9 Å². The van der Waals surface area contributed by atoms with Crippen molar-refractivity contribution >= 4 is 28.4 Å². The van der Waals surface area contributed by atoms with Crippen molar-refractivity contribution < 1.29 is 9.59 Å². The first kappa shape index (κ1) is 15.4. The molecular weight excluding hydrogens is 316 g/mol. The minimum Gasteiger partial charge on any atom is -0.339 e. The molecule has 2 amide bonds. The Balaban J connectivity index is 1.51. The molecule has 1 aromatic heterocycles. The number of aromatic nitrogens is 2. The van der Waals surface area contributed by atoms with E-state index in [2.05, 4.69) is 15.5 Å². The molecule has 1 aliphatic heterocycles. The van der Waals surface area contributed by atoms with E-state index in [1.54, 1.807) is 4.90 Å². The summed E-state index contributed by atoms with van der Waals surface area (Å²) in [4.78, 5) is 26.9. The van der Waals surface area contributed by atoms with Gasteiger partial charge >= 0.3 is 0 Å². The van der Waals surface area contributed by atoms with Crippen LogP contribution >= 0.6 is 0 Å². The Morgan fingerprint density at radius 2 is 1.96 bits per heavy atom. The van der Waals surface area contributed by atoms with Crippen molar-refractivity contribution in [2.75, 3.05) is 11.4 Å². The number of nitrogens with one attached hydrogen (secondary N) is 2. The van der Waals surface area contributed by atoms with Gasteiger partial charge < -0.3 is 10.2 Å². The van der Waals surface area contributed by atoms with Gasteiger partial charge in [-0.1, -0.05) is 35.9 Å². The SMILES string of the molecule is Cc1ccc(N2CC[C@H](NC(=O)c3n[nH]c4ccccc34)C2=O)cc1. The topological polar surface area (TPSA) is 78.1 Å². The summed E-state index contributed by atoms with van der Waals surface area (Å²) in [5, 5.41) is 10.5. The lowest BCUT2D eigenvalue weighted by Crippen LogP contribution is -2.41. The number of H-pyrrole nitrogens is 1. The van der Waals surface area contributed by atoms with E-state index >= 15 is 0 Å². The minimum atomic E-state index is -0.524. The zero-order valence-electron chi connectivity index (χ0n) is 13.8. The van der Waals surface area contributed by atoms with Crippen LogP contribution in [0, 0.1) is 6.92 Å². The third kappa shape index (κ3) is 2.76. The second-order valence-corrected chi connectivity index (χ2v) is 6.26. The van der Waals surface area contributed by atoms with Crippen molar-refractivity contribution in [3.8, 4) is 0 Å². The largest absolute Gasteiger partial charge is 0.339 e. The van der Waals surface area contributed by atoms with Crippen molar-refractivity contribution in [1.82, 2.24) is 15.5 Å². The molecule has 0 saturated carbocycles. The van der Waals surface area contributed by atoms with Crippen LogP contribution in [0.2, 0.25) is 0 Å². The monoisotopic (exact) mass is 334 g/mol. The molecule has 6 heteroatoms. The lowest BCUT2D eigenvalue weighted by molar-refractivity contribution is -0.118. The van der Waals surface area contributed by atoms with E-state index in [0.29, 0.717) is 18.7 Å². The minimum absolute atomic E-state index is 0.0861. The van der Waals surface area contributed by atoms with Gasteiger partial charge in [0.15, 0.2) is 5.69 Å². The summed E-state index contributed by atoms with van der Waals surface area (Å²) >= 11 is 0. The molecule has 1 fully saturated rings. The second-order valence-electron chi connectivity index (χ2n) is 6.26. The van der Waals surface area contributed by atoms with Crippen molar-refractivity contribution in [2.24, 2.45) is 0 Å². The fourth-order valence-electron chi connectivity index (χ4n) is 3.16. The van der Waals surface area contributed by atoms with Gasteiger partial charge in [0.1, 0.15) is 6.04 Å². The van der Waals surface area contributed by atoms with Crippen LogP contribution in [-0.4, -0.2) is 34.6 Å². The second kappa shape index (κ2) is 6.05.